The van der Waals surface area contributed by atoms with Crippen LogP contribution in [0.15, 0.2) is 24.3 Å². The van der Waals surface area contributed by atoms with E-state index in [1.807, 2.05) is 0 Å². The molecule has 0 aromatic heterocycles. The second kappa shape index (κ2) is 5.76. The highest BCUT2D eigenvalue weighted by molar-refractivity contribution is 5.26. The molecule has 1 atom stereocenters. The first-order valence-corrected chi connectivity index (χ1v) is 7.29. The highest BCUT2D eigenvalue weighted by Crippen LogP contribution is 2.44. The molecule has 4 heteroatoms. The van der Waals surface area contributed by atoms with Crippen LogP contribution in [0.5, 0.6) is 0 Å². The molecule has 0 bridgehead atoms. The van der Waals surface area contributed by atoms with Crippen LogP contribution in [0.25, 0.3) is 0 Å². The number of alkyl halides is 3. The summed E-state index contributed by atoms with van der Waals surface area (Å²) in [6.45, 7) is 2.14. The van der Waals surface area contributed by atoms with Crippen molar-refractivity contribution in [2.24, 2.45) is 11.1 Å². The molecule has 1 saturated carbocycles. The second-order valence-electron chi connectivity index (χ2n) is 5.93. The third kappa shape index (κ3) is 3.17. The molecular weight excluding hydrogens is 263 g/mol. The fraction of sp³-hybridized carbons (Fsp3) is 0.625. The Morgan fingerprint density at radius 3 is 2.45 bits per heavy atom. The number of hydrogen-bond donors (Lipinski definition) is 1. The summed E-state index contributed by atoms with van der Waals surface area (Å²) in [6.07, 6.45) is 1.82. The Bertz CT molecular complexity index is 447. The van der Waals surface area contributed by atoms with E-state index in [4.69, 9.17) is 5.73 Å². The van der Waals surface area contributed by atoms with Gasteiger partial charge in [-0.1, -0.05) is 38.0 Å². The van der Waals surface area contributed by atoms with E-state index >= 15 is 0 Å². The summed E-state index contributed by atoms with van der Waals surface area (Å²) in [5.41, 5.74) is 6.56. The molecule has 0 radical (unpaired) electrons. The van der Waals surface area contributed by atoms with Crippen molar-refractivity contribution in [1.29, 1.82) is 0 Å². The number of rotatable bonds is 4. The summed E-state index contributed by atoms with van der Waals surface area (Å²) < 4.78 is 38.1. The van der Waals surface area contributed by atoms with E-state index in [2.05, 4.69) is 6.92 Å². The lowest BCUT2D eigenvalue weighted by atomic mass is 9.74. The van der Waals surface area contributed by atoms with Gasteiger partial charge in [0.15, 0.2) is 0 Å². The molecule has 1 aromatic carbocycles. The number of halogens is 3. The fourth-order valence-electron chi connectivity index (χ4n) is 3.41. The molecule has 0 amide bonds. The molecule has 112 valence electrons. The van der Waals surface area contributed by atoms with Crippen LogP contribution in [0.3, 0.4) is 0 Å². The number of hydrogen-bond acceptors (Lipinski definition) is 1. The van der Waals surface area contributed by atoms with Crippen LogP contribution < -0.4 is 5.73 Å². The molecule has 0 spiro atoms. The lowest BCUT2D eigenvalue weighted by Gasteiger charge is -2.34. The van der Waals surface area contributed by atoms with E-state index in [0.717, 1.165) is 25.3 Å². The summed E-state index contributed by atoms with van der Waals surface area (Å²) in [5, 5.41) is 0. The van der Waals surface area contributed by atoms with Crippen molar-refractivity contribution in [3.63, 3.8) is 0 Å². The molecule has 0 heterocycles. The van der Waals surface area contributed by atoms with Crippen LogP contribution in [-0.4, -0.2) is 6.04 Å². The maximum atomic E-state index is 12.7. The van der Waals surface area contributed by atoms with E-state index in [1.54, 1.807) is 6.07 Å². The fourth-order valence-corrected chi connectivity index (χ4v) is 3.41. The largest absolute Gasteiger partial charge is 0.416 e. The van der Waals surface area contributed by atoms with Crippen molar-refractivity contribution >= 4 is 0 Å². The van der Waals surface area contributed by atoms with Crippen molar-refractivity contribution in [3.05, 3.63) is 35.4 Å². The highest BCUT2D eigenvalue weighted by Gasteiger charge is 2.38. The normalized spacial score (nSPS) is 20.1. The molecule has 2 N–H and O–H groups in total. The average Bonchev–Trinajstić information content (AvgIpc) is 2.88. The third-order valence-electron chi connectivity index (χ3n) is 4.80. The van der Waals surface area contributed by atoms with Gasteiger partial charge in [-0.3, -0.25) is 0 Å². The van der Waals surface area contributed by atoms with Gasteiger partial charge in [0, 0.05) is 6.04 Å². The zero-order valence-electron chi connectivity index (χ0n) is 11.8. The molecule has 1 aromatic rings. The Labute approximate surface area is 118 Å². The maximum absolute atomic E-state index is 12.7. The second-order valence-corrected chi connectivity index (χ2v) is 5.93. The van der Waals surface area contributed by atoms with E-state index in [9.17, 15) is 13.2 Å². The lowest BCUT2D eigenvalue weighted by Crippen LogP contribution is -2.41. The SMILES string of the molecule is CCC1(C(N)Cc2cccc(C(F)(F)F)c2)CCCC1. The summed E-state index contributed by atoms with van der Waals surface area (Å²) in [6, 6.07) is 5.50. The molecule has 1 nitrogen and oxygen atoms in total. The van der Waals surface area contributed by atoms with Crippen molar-refractivity contribution in [2.75, 3.05) is 0 Å². The summed E-state index contributed by atoms with van der Waals surface area (Å²) in [5.74, 6) is 0. The summed E-state index contributed by atoms with van der Waals surface area (Å²) in [4.78, 5) is 0. The van der Waals surface area contributed by atoms with E-state index in [-0.39, 0.29) is 11.5 Å². The molecule has 1 unspecified atom stereocenters. The first-order chi connectivity index (χ1) is 9.37. The number of benzene rings is 1. The smallest absolute Gasteiger partial charge is 0.327 e. The molecule has 20 heavy (non-hydrogen) atoms. The predicted molar refractivity (Wildman–Crippen MR) is 74.3 cm³/mol. The van der Waals surface area contributed by atoms with Crippen LogP contribution in [0.2, 0.25) is 0 Å². The van der Waals surface area contributed by atoms with Gasteiger partial charge < -0.3 is 5.73 Å². The van der Waals surface area contributed by atoms with E-state index in [0.29, 0.717) is 12.0 Å². The average molecular weight is 285 g/mol. The molecule has 1 aliphatic rings. The molecule has 1 aliphatic carbocycles. The molecule has 0 saturated heterocycles. The molecule has 1 fully saturated rings. The first kappa shape index (κ1) is 15.4. The lowest BCUT2D eigenvalue weighted by molar-refractivity contribution is -0.137. The Morgan fingerprint density at radius 2 is 1.90 bits per heavy atom. The predicted octanol–water partition coefficient (Wildman–Crippen LogP) is 4.55. The zero-order chi connectivity index (χ0) is 14.8. The van der Waals surface area contributed by atoms with Gasteiger partial charge in [-0.25, -0.2) is 0 Å². The minimum atomic E-state index is -4.28. The summed E-state index contributed by atoms with van der Waals surface area (Å²) >= 11 is 0. The summed E-state index contributed by atoms with van der Waals surface area (Å²) in [7, 11) is 0. The van der Waals surface area contributed by atoms with Gasteiger partial charge in [-0.15, -0.1) is 0 Å². The molecule has 2 rings (SSSR count). The van der Waals surface area contributed by atoms with Gasteiger partial charge in [-0.05, 0) is 42.7 Å². The Hall–Kier alpha value is -1.03. The van der Waals surface area contributed by atoms with Crippen molar-refractivity contribution in [3.8, 4) is 0 Å². The van der Waals surface area contributed by atoms with Crippen LogP contribution in [0.1, 0.15) is 50.2 Å². The molecular formula is C16H22F3N. The molecule has 0 aliphatic heterocycles. The number of nitrogens with two attached hydrogens (primary N) is 1. The monoisotopic (exact) mass is 285 g/mol. The van der Waals surface area contributed by atoms with Crippen molar-refractivity contribution < 1.29 is 13.2 Å². The van der Waals surface area contributed by atoms with E-state index < -0.39 is 11.7 Å². The van der Waals surface area contributed by atoms with Gasteiger partial charge in [0.25, 0.3) is 0 Å². The van der Waals surface area contributed by atoms with Crippen LogP contribution in [-0.2, 0) is 12.6 Å². The Morgan fingerprint density at radius 1 is 1.25 bits per heavy atom. The van der Waals surface area contributed by atoms with Gasteiger partial charge in [0.1, 0.15) is 0 Å². The third-order valence-corrected chi connectivity index (χ3v) is 4.80. The van der Waals surface area contributed by atoms with Crippen LogP contribution >= 0.6 is 0 Å². The van der Waals surface area contributed by atoms with Gasteiger partial charge in [0.05, 0.1) is 5.56 Å². The topological polar surface area (TPSA) is 26.0 Å². The maximum Gasteiger partial charge on any atom is 0.416 e. The van der Waals surface area contributed by atoms with Crippen molar-refractivity contribution in [2.45, 2.75) is 57.7 Å². The van der Waals surface area contributed by atoms with Crippen LogP contribution in [0.4, 0.5) is 13.2 Å². The van der Waals surface area contributed by atoms with Crippen molar-refractivity contribution in [1.82, 2.24) is 0 Å². The minimum absolute atomic E-state index is 0.0570. The quantitative estimate of drug-likeness (QED) is 0.863. The minimum Gasteiger partial charge on any atom is -0.327 e. The standard InChI is InChI=1S/C16H22F3N/c1-2-15(8-3-4-9-15)14(20)11-12-6-5-7-13(10-12)16(17,18)19/h5-7,10,14H,2-4,8-9,11,20H2,1H3. The zero-order valence-corrected chi connectivity index (χ0v) is 11.8. The van der Waals surface area contributed by atoms with Gasteiger partial charge in [-0.2, -0.15) is 13.2 Å². The van der Waals surface area contributed by atoms with Gasteiger partial charge >= 0.3 is 6.18 Å². The Balaban J connectivity index is 2.13. The van der Waals surface area contributed by atoms with Gasteiger partial charge in [0.2, 0.25) is 0 Å². The highest BCUT2D eigenvalue weighted by atomic mass is 19.4. The first-order valence-electron chi connectivity index (χ1n) is 7.29. The Kier molecular flexibility index (Phi) is 4.43. The van der Waals surface area contributed by atoms with Crippen LogP contribution in [0, 0.1) is 5.41 Å². The van der Waals surface area contributed by atoms with E-state index in [1.165, 1.54) is 25.0 Å².